The standard InChI is InChI=1S/C18H14ClN3O5/c1-2-27-18(24)16-15(11-5-3-4-6-13(11)20-16)21-17(23)10-7-8-12(19)14(9-10)22(25)26/h3-9,20H,2H2,1H3,(H,21,23). The van der Waals surface area contributed by atoms with E-state index in [9.17, 15) is 19.7 Å². The second-order valence-electron chi connectivity index (χ2n) is 5.52. The van der Waals surface area contributed by atoms with Gasteiger partial charge in [-0.1, -0.05) is 29.8 Å². The monoisotopic (exact) mass is 387 g/mol. The van der Waals surface area contributed by atoms with Crippen molar-refractivity contribution in [2.24, 2.45) is 0 Å². The number of amides is 1. The quantitative estimate of drug-likeness (QED) is 0.387. The van der Waals surface area contributed by atoms with Gasteiger partial charge in [0.2, 0.25) is 0 Å². The van der Waals surface area contributed by atoms with E-state index < -0.39 is 16.8 Å². The first kappa shape index (κ1) is 18.4. The minimum Gasteiger partial charge on any atom is -0.461 e. The van der Waals surface area contributed by atoms with Gasteiger partial charge in [0.1, 0.15) is 10.7 Å². The first-order valence-electron chi connectivity index (χ1n) is 7.95. The van der Waals surface area contributed by atoms with E-state index in [1.807, 2.05) is 0 Å². The topological polar surface area (TPSA) is 114 Å². The third-order valence-corrected chi connectivity index (χ3v) is 4.15. The van der Waals surface area contributed by atoms with Gasteiger partial charge in [-0.3, -0.25) is 14.9 Å². The van der Waals surface area contributed by atoms with Gasteiger partial charge in [0, 0.05) is 22.5 Å². The maximum Gasteiger partial charge on any atom is 0.356 e. The molecule has 1 aromatic heterocycles. The number of aromatic nitrogens is 1. The lowest BCUT2D eigenvalue weighted by Gasteiger charge is -2.08. The van der Waals surface area contributed by atoms with Crippen molar-refractivity contribution in [3.8, 4) is 0 Å². The Morgan fingerprint density at radius 1 is 1.26 bits per heavy atom. The van der Waals surface area contributed by atoms with Gasteiger partial charge in [0.15, 0.2) is 0 Å². The molecular formula is C18H14ClN3O5. The number of halogens is 1. The third-order valence-electron chi connectivity index (χ3n) is 3.83. The number of hydrogen-bond donors (Lipinski definition) is 2. The highest BCUT2D eigenvalue weighted by Gasteiger charge is 2.22. The van der Waals surface area contributed by atoms with Gasteiger partial charge < -0.3 is 15.0 Å². The van der Waals surface area contributed by atoms with Crippen molar-refractivity contribution in [3.63, 3.8) is 0 Å². The van der Waals surface area contributed by atoms with Crippen molar-refractivity contribution >= 4 is 45.8 Å². The summed E-state index contributed by atoms with van der Waals surface area (Å²) in [6.45, 7) is 1.84. The number of para-hydroxylation sites is 1. The van der Waals surface area contributed by atoms with Crippen molar-refractivity contribution in [2.75, 3.05) is 11.9 Å². The number of nitrogens with zero attached hydrogens (tertiary/aromatic N) is 1. The van der Waals surface area contributed by atoms with Crippen LogP contribution in [0.2, 0.25) is 5.02 Å². The molecule has 2 N–H and O–H groups in total. The largest absolute Gasteiger partial charge is 0.461 e. The zero-order valence-electron chi connectivity index (χ0n) is 14.1. The number of rotatable bonds is 5. The van der Waals surface area contributed by atoms with Gasteiger partial charge in [-0.2, -0.15) is 0 Å². The molecule has 0 saturated heterocycles. The maximum atomic E-state index is 12.6. The smallest absolute Gasteiger partial charge is 0.356 e. The Hall–Kier alpha value is -3.39. The zero-order valence-corrected chi connectivity index (χ0v) is 14.9. The summed E-state index contributed by atoms with van der Waals surface area (Å²) in [6, 6.07) is 10.7. The number of hydrogen-bond acceptors (Lipinski definition) is 5. The highest BCUT2D eigenvalue weighted by molar-refractivity contribution is 6.32. The van der Waals surface area contributed by atoms with Crippen LogP contribution in [0.25, 0.3) is 10.9 Å². The molecule has 8 nitrogen and oxygen atoms in total. The van der Waals surface area contributed by atoms with Crippen molar-refractivity contribution in [1.82, 2.24) is 4.98 Å². The third kappa shape index (κ3) is 3.61. The van der Waals surface area contributed by atoms with Crippen molar-refractivity contribution < 1.29 is 19.2 Å². The maximum absolute atomic E-state index is 12.6. The summed E-state index contributed by atoms with van der Waals surface area (Å²) in [4.78, 5) is 38.1. The van der Waals surface area contributed by atoms with Gasteiger partial charge in [-0.15, -0.1) is 0 Å². The van der Waals surface area contributed by atoms with Crippen LogP contribution >= 0.6 is 11.6 Å². The normalized spacial score (nSPS) is 10.6. The van der Waals surface area contributed by atoms with E-state index in [-0.39, 0.29) is 34.3 Å². The molecule has 0 aliphatic rings. The van der Waals surface area contributed by atoms with E-state index in [4.69, 9.17) is 16.3 Å². The molecule has 0 atom stereocenters. The fourth-order valence-corrected chi connectivity index (χ4v) is 2.79. The molecule has 0 saturated carbocycles. The van der Waals surface area contributed by atoms with E-state index in [1.54, 1.807) is 31.2 Å². The SMILES string of the molecule is CCOC(=O)c1[nH]c2ccccc2c1NC(=O)c1ccc(Cl)c([N+](=O)[O-])c1. The van der Waals surface area contributed by atoms with E-state index >= 15 is 0 Å². The summed E-state index contributed by atoms with van der Waals surface area (Å²) >= 11 is 5.78. The second kappa shape index (κ2) is 7.46. The molecule has 0 aliphatic carbocycles. The number of carbonyl (C=O) groups excluding carboxylic acids is 2. The van der Waals surface area contributed by atoms with Gasteiger partial charge >= 0.3 is 5.97 Å². The molecule has 0 spiro atoms. The van der Waals surface area contributed by atoms with E-state index in [1.165, 1.54) is 12.1 Å². The molecule has 27 heavy (non-hydrogen) atoms. The van der Waals surface area contributed by atoms with Crippen LogP contribution in [0.4, 0.5) is 11.4 Å². The van der Waals surface area contributed by atoms with Crippen LogP contribution in [0.5, 0.6) is 0 Å². The highest BCUT2D eigenvalue weighted by Crippen LogP contribution is 2.30. The summed E-state index contributed by atoms with van der Waals surface area (Å²) in [7, 11) is 0. The Labute approximate surface area is 158 Å². The molecule has 0 unspecified atom stereocenters. The molecular weight excluding hydrogens is 374 g/mol. The van der Waals surface area contributed by atoms with Crippen LogP contribution in [0.3, 0.4) is 0 Å². The molecule has 1 heterocycles. The van der Waals surface area contributed by atoms with E-state index in [0.717, 1.165) is 6.07 Å². The Morgan fingerprint density at radius 3 is 2.70 bits per heavy atom. The molecule has 1 amide bonds. The first-order chi connectivity index (χ1) is 12.9. The number of nitro benzene ring substituents is 1. The van der Waals surface area contributed by atoms with Crippen LogP contribution in [0.15, 0.2) is 42.5 Å². The fraction of sp³-hybridized carbons (Fsp3) is 0.111. The number of H-pyrrole nitrogens is 1. The second-order valence-corrected chi connectivity index (χ2v) is 5.93. The Bertz CT molecular complexity index is 1060. The molecule has 138 valence electrons. The van der Waals surface area contributed by atoms with E-state index in [0.29, 0.717) is 10.9 Å². The lowest BCUT2D eigenvalue weighted by atomic mass is 10.1. The summed E-state index contributed by atoms with van der Waals surface area (Å²) in [6.07, 6.45) is 0. The number of aromatic amines is 1. The number of nitrogens with one attached hydrogen (secondary N) is 2. The molecule has 0 fully saturated rings. The predicted molar refractivity (Wildman–Crippen MR) is 100 cm³/mol. The predicted octanol–water partition coefficient (Wildman–Crippen LogP) is 4.16. The fourth-order valence-electron chi connectivity index (χ4n) is 2.61. The van der Waals surface area contributed by atoms with Crippen LogP contribution in [0, 0.1) is 10.1 Å². The number of benzene rings is 2. The number of anilines is 1. The molecule has 0 radical (unpaired) electrons. The molecule has 0 aliphatic heterocycles. The molecule has 2 aromatic carbocycles. The number of ether oxygens (including phenoxy) is 1. The van der Waals surface area contributed by atoms with Crippen LogP contribution < -0.4 is 5.32 Å². The minimum atomic E-state index is -0.672. The van der Waals surface area contributed by atoms with Gasteiger partial charge in [-0.25, -0.2) is 4.79 Å². The summed E-state index contributed by atoms with van der Waals surface area (Å²) in [5, 5.41) is 14.2. The Balaban J connectivity index is 2.02. The molecule has 3 aromatic rings. The van der Waals surface area contributed by atoms with Gasteiger partial charge in [0.05, 0.1) is 17.2 Å². The number of nitro groups is 1. The van der Waals surface area contributed by atoms with Crippen LogP contribution in [-0.4, -0.2) is 28.4 Å². The lowest BCUT2D eigenvalue weighted by molar-refractivity contribution is -0.384. The summed E-state index contributed by atoms with van der Waals surface area (Å²) in [5.41, 5.74) is 0.625. The van der Waals surface area contributed by atoms with Crippen LogP contribution in [0.1, 0.15) is 27.8 Å². The van der Waals surface area contributed by atoms with Crippen LogP contribution in [-0.2, 0) is 4.74 Å². The minimum absolute atomic E-state index is 0.0335. The number of esters is 1. The average Bonchev–Trinajstić information content (AvgIpc) is 3.00. The summed E-state index contributed by atoms with van der Waals surface area (Å²) < 4.78 is 5.02. The van der Waals surface area contributed by atoms with Gasteiger partial charge in [0.25, 0.3) is 11.6 Å². The summed E-state index contributed by atoms with van der Waals surface area (Å²) in [5.74, 6) is -1.24. The molecule has 0 bridgehead atoms. The Morgan fingerprint density at radius 2 is 2.00 bits per heavy atom. The van der Waals surface area contributed by atoms with Crippen molar-refractivity contribution in [3.05, 3.63) is 68.9 Å². The first-order valence-corrected chi connectivity index (χ1v) is 8.33. The van der Waals surface area contributed by atoms with Crippen molar-refractivity contribution in [2.45, 2.75) is 6.92 Å². The van der Waals surface area contributed by atoms with Crippen molar-refractivity contribution in [1.29, 1.82) is 0 Å². The Kier molecular flexibility index (Phi) is 5.09. The van der Waals surface area contributed by atoms with Gasteiger partial charge in [-0.05, 0) is 25.1 Å². The lowest BCUT2D eigenvalue weighted by Crippen LogP contribution is -2.15. The number of carbonyl (C=O) groups is 2. The molecule has 9 heteroatoms. The highest BCUT2D eigenvalue weighted by atomic mass is 35.5. The average molecular weight is 388 g/mol. The zero-order chi connectivity index (χ0) is 19.6. The van der Waals surface area contributed by atoms with E-state index in [2.05, 4.69) is 10.3 Å². The molecule has 3 rings (SSSR count). The number of fused-ring (bicyclic) bond motifs is 1.